The molecule has 1 aliphatic carbocycles. The first-order valence-electron chi connectivity index (χ1n) is 8.70. The van der Waals surface area contributed by atoms with E-state index in [4.69, 9.17) is 13.6 Å². The van der Waals surface area contributed by atoms with E-state index in [1.165, 1.54) is 18.4 Å². The number of aryl methyl sites for hydroxylation is 2. The predicted octanol–water partition coefficient (Wildman–Crippen LogP) is 4.16. The minimum absolute atomic E-state index is 0.0312. The minimum atomic E-state index is -0.186. The van der Waals surface area contributed by atoms with E-state index in [0.29, 0.717) is 5.75 Å². The maximum Gasteiger partial charge on any atom is 0.258 e. The van der Waals surface area contributed by atoms with E-state index < -0.39 is 0 Å². The molecule has 4 rings (SSSR count). The fraction of sp³-hybridized carbons (Fsp3) is 0.350. The highest BCUT2D eigenvalue weighted by Gasteiger charge is 2.18. The number of carbonyl (C=O) groups excluding carboxylic acids is 1. The Bertz CT molecular complexity index is 879. The summed E-state index contributed by atoms with van der Waals surface area (Å²) >= 11 is 0. The summed E-state index contributed by atoms with van der Waals surface area (Å²) in [5.74, 6) is 2.32. The lowest BCUT2D eigenvalue weighted by Gasteiger charge is -2.12. The minimum Gasteiger partial charge on any atom is -0.484 e. The molecule has 0 radical (unpaired) electrons. The molecule has 0 aliphatic heterocycles. The number of fused-ring (bicyclic) bond motifs is 3. The Morgan fingerprint density at radius 1 is 1.28 bits per heavy atom. The van der Waals surface area contributed by atoms with Gasteiger partial charge in [0.25, 0.3) is 5.91 Å². The molecule has 130 valence electrons. The second-order valence-electron chi connectivity index (χ2n) is 6.46. The molecule has 1 amide bonds. The van der Waals surface area contributed by atoms with Gasteiger partial charge in [-0.25, -0.2) is 0 Å². The lowest BCUT2D eigenvalue weighted by atomic mass is 9.96. The molecular weight excluding hydrogens is 318 g/mol. The molecule has 0 spiro atoms. The van der Waals surface area contributed by atoms with Crippen LogP contribution >= 0.6 is 0 Å². The van der Waals surface area contributed by atoms with Crippen molar-refractivity contribution in [3.63, 3.8) is 0 Å². The maximum absolute atomic E-state index is 12.1. The molecule has 2 heterocycles. The quantitative estimate of drug-likeness (QED) is 0.758. The molecule has 0 fully saturated rings. The molecule has 0 saturated heterocycles. The molecule has 5 heteroatoms. The first-order chi connectivity index (χ1) is 12.2. The molecule has 1 aliphatic rings. The fourth-order valence-electron chi connectivity index (χ4n) is 3.37. The van der Waals surface area contributed by atoms with Crippen molar-refractivity contribution >= 4 is 16.9 Å². The standard InChI is InChI=1S/C20H21NO4/c1-13(17-7-4-10-23-17)21-20(22)12-24-14-8-9-19-16(11-14)15-5-2-3-6-18(15)25-19/h4,7-11,13H,2-3,5-6,12H2,1H3,(H,21,22). The topological polar surface area (TPSA) is 64.6 Å². The maximum atomic E-state index is 12.1. The van der Waals surface area contributed by atoms with Crippen LogP contribution in [0.1, 0.15) is 42.9 Å². The summed E-state index contributed by atoms with van der Waals surface area (Å²) in [6.07, 6.45) is 6.03. The van der Waals surface area contributed by atoms with Gasteiger partial charge in [0.05, 0.1) is 12.3 Å². The largest absolute Gasteiger partial charge is 0.484 e. The number of furan rings is 2. The average molecular weight is 339 g/mol. The first kappa shape index (κ1) is 15.8. The van der Waals surface area contributed by atoms with Gasteiger partial charge in [-0.3, -0.25) is 4.79 Å². The third kappa shape index (κ3) is 3.27. The van der Waals surface area contributed by atoms with Crippen molar-refractivity contribution in [1.29, 1.82) is 0 Å². The molecular formula is C20H21NO4. The van der Waals surface area contributed by atoms with Crippen LogP contribution in [0.15, 0.2) is 45.4 Å². The van der Waals surface area contributed by atoms with Gasteiger partial charge in [-0.1, -0.05) is 0 Å². The average Bonchev–Trinajstić information content (AvgIpc) is 3.27. The number of amides is 1. The summed E-state index contributed by atoms with van der Waals surface area (Å²) in [5, 5.41) is 3.97. The molecule has 1 atom stereocenters. The van der Waals surface area contributed by atoms with Gasteiger partial charge < -0.3 is 18.9 Å². The van der Waals surface area contributed by atoms with Crippen LogP contribution < -0.4 is 10.1 Å². The molecule has 1 N–H and O–H groups in total. The van der Waals surface area contributed by atoms with Crippen LogP contribution in [0.25, 0.3) is 11.0 Å². The highest BCUT2D eigenvalue weighted by Crippen LogP contribution is 2.33. The van der Waals surface area contributed by atoms with Crippen LogP contribution in [0.3, 0.4) is 0 Å². The van der Waals surface area contributed by atoms with E-state index in [9.17, 15) is 4.79 Å². The highest BCUT2D eigenvalue weighted by atomic mass is 16.5. The summed E-state index contributed by atoms with van der Waals surface area (Å²) in [4.78, 5) is 12.1. The zero-order valence-corrected chi connectivity index (χ0v) is 14.2. The Morgan fingerprint density at radius 3 is 3.00 bits per heavy atom. The summed E-state index contributed by atoms with van der Waals surface area (Å²) in [5.41, 5.74) is 2.19. The van der Waals surface area contributed by atoms with Crippen molar-refractivity contribution in [2.24, 2.45) is 0 Å². The number of carbonyl (C=O) groups is 1. The van der Waals surface area contributed by atoms with Crippen molar-refractivity contribution in [3.8, 4) is 5.75 Å². The van der Waals surface area contributed by atoms with Crippen LogP contribution in [-0.2, 0) is 17.6 Å². The summed E-state index contributed by atoms with van der Waals surface area (Å²) in [7, 11) is 0. The monoisotopic (exact) mass is 339 g/mol. The van der Waals surface area contributed by atoms with Crippen LogP contribution in [0, 0.1) is 0 Å². The molecule has 0 bridgehead atoms. The third-order valence-electron chi connectivity index (χ3n) is 4.64. The number of benzene rings is 1. The van der Waals surface area contributed by atoms with E-state index in [2.05, 4.69) is 5.32 Å². The van der Waals surface area contributed by atoms with Gasteiger partial charge in [0, 0.05) is 17.4 Å². The zero-order valence-electron chi connectivity index (χ0n) is 14.2. The van der Waals surface area contributed by atoms with Crippen molar-refractivity contribution in [2.75, 3.05) is 6.61 Å². The number of hydrogen-bond donors (Lipinski definition) is 1. The second kappa shape index (κ2) is 6.67. The van der Waals surface area contributed by atoms with Crippen molar-refractivity contribution in [2.45, 2.75) is 38.6 Å². The van der Waals surface area contributed by atoms with Crippen LogP contribution in [0.2, 0.25) is 0 Å². The van der Waals surface area contributed by atoms with Crippen molar-refractivity contribution in [1.82, 2.24) is 5.32 Å². The fourth-order valence-corrected chi connectivity index (χ4v) is 3.37. The van der Waals surface area contributed by atoms with Crippen LogP contribution in [0.5, 0.6) is 5.75 Å². The lowest BCUT2D eigenvalue weighted by Crippen LogP contribution is -2.31. The molecule has 25 heavy (non-hydrogen) atoms. The molecule has 0 saturated carbocycles. The number of nitrogens with one attached hydrogen (secondary N) is 1. The SMILES string of the molecule is CC(NC(=O)COc1ccc2oc3c(c2c1)CCCC3)c1ccco1. The van der Waals surface area contributed by atoms with E-state index in [-0.39, 0.29) is 18.6 Å². The second-order valence-corrected chi connectivity index (χ2v) is 6.46. The van der Waals surface area contributed by atoms with E-state index >= 15 is 0 Å². The Balaban J connectivity index is 1.41. The van der Waals surface area contributed by atoms with Gasteiger partial charge in [0.1, 0.15) is 22.9 Å². The first-order valence-corrected chi connectivity index (χ1v) is 8.70. The molecule has 5 nitrogen and oxygen atoms in total. The number of ether oxygens (including phenoxy) is 1. The van der Waals surface area contributed by atoms with Gasteiger partial charge in [0.2, 0.25) is 0 Å². The van der Waals surface area contributed by atoms with Crippen molar-refractivity contribution in [3.05, 3.63) is 53.7 Å². The Kier molecular flexibility index (Phi) is 4.22. The Labute approximate surface area is 145 Å². The lowest BCUT2D eigenvalue weighted by molar-refractivity contribution is -0.123. The van der Waals surface area contributed by atoms with Gasteiger partial charge in [-0.15, -0.1) is 0 Å². The third-order valence-corrected chi connectivity index (χ3v) is 4.64. The van der Waals surface area contributed by atoms with E-state index in [1.807, 2.05) is 31.2 Å². The normalized spacial score (nSPS) is 14.9. The predicted molar refractivity (Wildman–Crippen MR) is 93.6 cm³/mol. The molecule has 1 unspecified atom stereocenters. The van der Waals surface area contributed by atoms with Gasteiger partial charge >= 0.3 is 0 Å². The van der Waals surface area contributed by atoms with Crippen LogP contribution in [-0.4, -0.2) is 12.5 Å². The van der Waals surface area contributed by atoms with Crippen molar-refractivity contribution < 1.29 is 18.4 Å². The number of rotatable bonds is 5. The van der Waals surface area contributed by atoms with Gasteiger partial charge in [-0.2, -0.15) is 0 Å². The van der Waals surface area contributed by atoms with E-state index in [0.717, 1.165) is 35.3 Å². The molecule has 1 aromatic carbocycles. The molecule has 2 aromatic heterocycles. The van der Waals surface area contributed by atoms with Gasteiger partial charge in [-0.05, 0) is 56.5 Å². The molecule has 3 aromatic rings. The zero-order chi connectivity index (χ0) is 17.2. The van der Waals surface area contributed by atoms with Gasteiger partial charge in [0.15, 0.2) is 6.61 Å². The Morgan fingerprint density at radius 2 is 2.16 bits per heavy atom. The Hall–Kier alpha value is -2.69. The van der Waals surface area contributed by atoms with E-state index in [1.54, 1.807) is 12.3 Å². The summed E-state index contributed by atoms with van der Waals surface area (Å²) in [6, 6.07) is 9.20. The smallest absolute Gasteiger partial charge is 0.258 e. The summed E-state index contributed by atoms with van der Waals surface area (Å²) < 4.78 is 16.9. The number of hydrogen-bond acceptors (Lipinski definition) is 4. The summed E-state index contributed by atoms with van der Waals surface area (Å²) in [6.45, 7) is 1.84. The van der Waals surface area contributed by atoms with Crippen LogP contribution in [0.4, 0.5) is 0 Å². The highest BCUT2D eigenvalue weighted by molar-refractivity contribution is 5.84.